The molecule has 2 aromatic rings. The van der Waals surface area contributed by atoms with E-state index in [1.165, 1.54) is 6.33 Å². The normalized spacial score (nSPS) is 11.8. The maximum absolute atomic E-state index is 5.63. The van der Waals surface area contributed by atoms with Crippen LogP contribution in [0.2, 0.25) is 0 Å². The van der Waals surface area contributed by atoms with E-state index in [0.29, 0.717) is 19.1 Å². The van der Waals surface area contributed by atoms with E-state index in [9.17, 15) is 0 Å². The number of aliphatic imine (C=N–C) groups is 1. The van der Waals surface area contributed by atoms with Crippen LogP contribution in [0.1, 0.15) is 32.8 Å². The molecular formula is C19H30N6O. The predicted molar refractivity (Wildman–Crippen MR) is 105 cm³/mol. The summed E-state index contributed by atoms with van der Waals surface area (Å²) in [4.78, 5) is 8.83. The summed E-state index contributed by atoms with van der Waals surface area (Å²) in [7, 11) is 0. The number of benzene rings is 1. The summed E-state index contributed by atoms with van der Waals surface area (Å²) in [5.41, 5.74) is 2.12. The molecule has 1 heterocycles. The smallest absolute Gasteiger partial charge is 0.191 e. The monoisotopic (exact) mass is 358 g/mol. The Morgan fingerprint density at radius 1 is 1.27 bits per heavy atom. The second kappa shape index (κ2) is 11.3. The predicted octanol–water partition coefficient (Wildman–Crippen LogP) is 2.59. The van der Waals surface area contributed by atoms with Crippen molar-refractivity contribution in [3.05, 3.63) is 36.2 Å². The van der Waals surface area contributed by atoms with E-state index in [2.05, 4.69) is 63.7 Å². The van der Waals surface area contributed by atoms with Crippen LogP contribution in [0.15, 0.2) is 35.6 Å². The highest BCUT2D eigenvalue weighted by atomic mass is 16.5. The molecule has 0 saturated carbocycles. The lowest BCUT2D eigenvalue weighted by molar-refractivity contribution is 0.128. The number of guanidine groups is 1. The first kappa shape index (κ1) is 19.9. The standard InChI is InChI=1S/C19H30N6O/c1-4-20-19(21-9-11-26-10-8-15(2)3)22-13-16-6-5-7-17(12-16)18-23-14-24-25-18/h5-7,12,14-15H,4,8-11,13H2,1-3H3,(H2,20,21,22)(H,23,24,25). The van der Waals surface area contributed by atoms with Crippen molar-refractivity contribution in [2.45, 2.75) is 33.7 Å². The van der Waals surface area contributed by atoms with E-state index in [1.54, 1.807) is 0 Å². The Labute approximate surface area is 155 Å². The van der Waals surface area contributed by atoms with Crippen molar-refractivity contribution in [2.24, 2.45) is 10.9 Å². The molecule has 26 heavy (non-hydrogen) atoms. The lowest BCUT2D eigenvalue weighted by atomic mass is 10.1. The number of aromatic nitrogens is 3. The molecule has 0 aliphatic carbocycles. The molecular weight excluding hydrogens is 328 g/mol. The van der Waals surface area contributed by atoms with Gasteiger partial charge >= 0.3 is 0 Å². The molecule has 142 valence electrons. The summed E-state index contributed by atoms with van der Waals surface area (Å²) >= 11 is 0. The Morgan fingerprint density at radius 3 is 2.88 bits per heavy atom. The summed E-state index contributed by atoms with van der Waals surface area (Å²) in [6.07, 6.45) is 2.60. The molecule has 7 heteroatoms. The number of nitrogens with one attached hydrogen (secondary N) is 3. The van der Waals surface area contributed by atoms with E-state index >= 15 is 0 Å². The van der Waals surface area contributed by atoms with Gasteiger partial charge in [-0.3, -0.25) is 5.10 Å². The molecule has 7 nitrogen and oxygen atoms in total. The average molecular weight is 358 g/mol. The fourth-order valence-electron chi connectivity index (χ4n) is 2.34. The maximum atomic E-state index is 5.63. The molecule has 0 unspecified atom stereocenters. The first-order valence-corrected chi connectivity index (χ1v) is 9.23. The number of ether oxygens (including phenoxy) is 1. The van der Waals surface area contributed by atoms with Gasteiger partial charge in [-0.1, -0.05) is 32.0 Å². The molecule has 3 N–H and O–H groups in total. The highest BCUT2D eigenvalue weighted by Gasteiger charge is 2.02. The topological polar surface area (TPSA) is 87.2 Å². The summed E-state index contributed by atoms with van der Waals surface area (Å²) in [6.45, 7) is 10.1. The zero-order chi connectivity index (χ0) is 18.6. The van der Waals surface area contributed by atoms with Gasteiger partial charge in [-0.25, -0.2) is 9.98 Å². The van der Waals surface area contributed by atoms with Gasteiger partial charge in [0.2, 0.25) is 0 Å². The highest BCUT2D eigenvalue weighted by molar-refractivity contribution is 5.79. The van der Waals surface area contributed by atoms with E-state index < -0.39 is 0 Å². The third-order valence-corrected chi connectivity index (χ3v) is 3.76. The minimum Gasteiger partial charge on any atom is -0.380 e. The molecule has 0 fully saturated rings. The van der Waals surface area contributed by atoms with E-state index in [0.717, 1.165) is 49.0 Å². The molecule has 0 aliphatic rings. The van der Waals surface area contributed by atoms with Crippen molar-refractivity contribution in [2.75, 3.05) is 26.3 Å². The molecule has 0 aliphatic heterocycles. The van der Waals surface area contributed by atoms with Gasteiger partial charge in [0.15, 0.2) is 11.8 Å². The average Bonchev–Trinajstić information content (AvgIpc) is 3.17. The summed E-state index contributed by atoms with van der Waals surface area (Å²) in [6, 6.07) is 8.14. The Morgan fingerprint density at radius 2 is 2.15 bits per heavy atom. The zero-order valence-electron chi connectivity index (χ0n) is 16.0. The van der Waals surface area contributed by atoms with E-state index in [1.807, 2.05) is 12.1 Å². The van der Waals surface area contributed by atoms with Crippen LogP contribution in [0.4, 0.5) is 0 Å². The number of aromatic amines is 1. The third-order valence-electron chi connectivity index (χ3n) is 3.76. The van der Waals surface area contributed by atoms with Gasteiger partial charge in [0.1, 0.15) is 6.33 Å². The van der Waals surface area contributed by atoms with Gasteiger partial charge in [-0.15, -0.1) is 0 Å². The van der Waals surface area contributed by atoms with Crippen LogP contribution in [0.25, 0.3) is 11.4 Å². The first-order valence-electron chi connectivity index (χ1n) is 9.23. The number of H-pyrrole nitrogens is 1. The highest BCUT2D eigenvalue weighted by Crippen LogP contribution is 2.15. The quantitative estimate of drug-likeness (QED) is 0.345. The SMILES string of the molecule is CCNC(=NCc1cccc(-c2ncn[nH]2)c1)NCCOCCC(C)C. The van der Waals surface area contributed by atoms with Crippen molar-refractivity contribution in [1.82, 2.24) is 25.8 Å². The van der Waals surface area contributed by atoms with Gasteiger partial charge in [-0.2, -0.15) is 5.10 Å². The molecule has 0 atom stereocenters. The maximum Gasteiger partial charge on any atom is 0.191 e. The van der Waals surface area contributed by atoms with Crippen molar-refractivity contribution in [1.29, 1.82) is 0 Å². The molecule has 0 radical (unpaired) electrons. The Hall–Kier alpha value is -2.41. The Kier molecular flexibility index (Phi) is 8.62. The van der Waals surface area contributed by atoms with Crippen molar-refractivity contribution in [3.8, 4) is 11.4 Å². The van der Waals surface area contributed by atoms with Crippen molar-refractivity contribution >= 4 is 5.96 Å². The minimum atomic E-state index is 0.589. The zero-order valence-corrected chi connectivity index (χ0v) is 16.0. The lowest BCUT2D eigenvalue weighted by Crippen LogP contribution is -2.39. The first-order chi connectivity index (χ1) is 12.7. The number of hydrogen-bond acceptors (Lipinski definition) is 4. The van der Waals surface area contributed by atoms with E-state index in [-0.39, 0.29) is 0 Å². The summed E-state index contributed by atoms with van der Waals surface area (Å²) in [5, 5.41) is 13.3. The van der Waals surface area contributed by atoms with Crippen LogP contribution >= 0.6 is 0 Å². The summed E-state index contributed by atoms with van der Waals surface area (Å²) < 4.78 is 5.63. The van der Waals surface area contributed by atoms with Crippen LogP contribution in [0.3, 0.4) is 0 Å². The third kappa shape index (κ3) is 7.23. The minimum absolute atomic E-state index is 0.589. The Bertz CT molecular complexity index is 654. The molecule has 1 aromatic heterocycles. The second-order valence-corrected chi connectivity index (χ2v) is 6.45. The van der Waals surface area contributed by atoms with Gasteiger partial charge < -0.3 is 15.4 Å². The molecule has 2 rings (SSSR count). The lowest BCUT2D eigenvalue weighted by Gasteiger charge is -2.12. The van der Waals surface area contributed by atoms with E-state index in [4.69, 9.17) is 4.74 Å². The molecule has 0 amide bonds. The van der Waals surface area contributed by atoms with Crippen LogP contribution in [0, 0.1) is 5.92 Å². The second-order valence-electron chi connectivity index (χ2n) is 6.45. The van der Waals surface area contributed by atoms with Gasteiger partial charge in [-0.05, 0) is 30.9 Å². The van der Waals surface area contributed by atoms with Crippen LogP contribution in [-0.2, 0) is 11.3 Å². The van der Waals surface area contributed by atoms with Gasteiger partial charge in [0, 0.05) is 25.3 Å². The number of nitrogens with zero attached hydrogens (tertiary/aromatic N) is 3. The van der Waals surface area contributed by atoms with Gasteiger partial charge in [0.25, 0.3) is 0 Å². The van der Waals surface area contributed by atoms with Crippen LogP contribution < -0.4 is 10.6 Å². The molecule has 0 saturated heterocycles. The largest absolute Gasteiger partial charge is 0.380 e. The molecule has 0 bridgehead atoms. The van der Waals surface area contributed by atoms with Crippen molar-refractivity contribution in [3.63, 3.8) is 0 Å². The molecule has 1 aromatic carbocycles. The summed E-state index contributed by atoms with van der Waals surface area (Å²) in [5.74, 6) is 2.24. The van der Waals surface area contributed by atoms with Crippen molar-refractivity contribution < 1.29 is 4.74 Å². The van der Waals surface area contributed by atoms with Crippen LogP contribution in [0.5, 0.6) is 0 Å². The molecule has 0 spiro atoms. The Balaban J connectivity index is 1.83. The number of hydrogen-bond donors (Lipinski definition) is 3. The number of rotatable bonds is 10. The fourth-order valence-corrected chi connectivity index (χ4v) is 2.34. The van der Waals surface area contributed by atoms with Crippen LogP contribution in [-0.4, -0.2) is 47.4 Å². The van der Waals surface area contributed by atoms with Gasteiger partial charge in [0.05, 0.1) is 13.2 Å². The fraction of sp³-hybridized carbons (Fsp3) is 0.526.